The lowest BCUT2D eigenvalue weighted by molar-refractivity contribution is -0.0589. The van der Waals surface area contributed by atoms with Crippen LogP contribution in [0.1, 0.15) is 51.8 Å². The molecule has 1 aliphatic rings. The van der Waals surface area contributed by atoms with Crippen LogP contribution in [0.2, 0.25) is 0 Å². The van der Waals surface area contributed by atoms with E-state index in [9.17, 15) is 23.1 Å². The first-order chi connectivity index (χ1) is 22.0. The Kier molecular flexibility index (Phi) is 9.24. The normalized spacial score (nSPS) is 15.2. The molecular weight excluding hydrogens is 613 g/mol. The van der Waals surface area contributed by atoms with Crippen molar-refractivity contribution in [2.45, 2.75) is 39.0 Å². The quantitative estimate of drug-likeness (QED) is 0.0934. The second-order valence-electron chi connectivity index (χ2n) is 10.3. The molecule has 9 nitrogen and oxygen atoms in total. The second kappa shape index (κ2) is 13.3. The molecule has 236 valence electrons. The monoisotopic (exact) mass is 637 g/mol. The van der Waals surface area contributed by atoms with Crippen LogP contribution in [0.4, 0.5) is 22.0 Å². The molecule has 4 aromatic rings. The lowest BCUT2D eigenvalue weighted by Crippen LogP contribution is -2.31. The van der Waals surface area contributed by atoms with Crippen molar-refractivity contribution in [2.24, 2.45) is 9.98 Å². The van der Waals surface area contributed by atoms with Crippen LogP contribution in [-0.4, -0.2) is 45.9 Å². The van der Waals surface area contributed by atoms with E-state index in [1.807, 2.05) is 0 Å². The van der Waals surface area contributed by atoms with Gasteiger partial charge in [-0.1, -0.05) is 6.07 Å². The Balaban J connectivity index is 1.45. The Morgan fingerprint density at radius 2 is 1.87 bits per heavy atom. The SMILES string of the molecule is C=N/C(=N\C(OCc1ccc(C#N)cc1F)=C(/C)F)c1cc(F)c(Cc2nc3c(F)cc(C(=O)O)cc3n2C[C@@H]2CCO2)cc1F. The number of allylic oxidation sites excluding steroid dienone is 1. The lowest BCUT2D eigenvalue weighted by Gasteiger charge is -2.27. The van der Waals surface area contributed by atoms with E-state index in [2.05, 4.69) is 21.7 Å². The molecule has 0 amide bonds. The van der Waals surface area contributed by atoms with Crippen molar-refractivity contribution in [3.63, 3.8) is 0 Å². The maximum atomic E-state index is 15.5. The van der Waals surface area contributed by atoms with Gasteiger partial charge in [-0.25, -0.2) is 36.7 Å². The van der Waals surface area contributed by atoms with Gasteiger partial charge in [0.05, 0.1) is 40.9 Å². The number of nitrogens with zero attached hydrogens (tertiary/aromatic N) is 5. The molecule has 5 rings (SSSR count). The highest BCUT2D eigenvalue weighted by Gasteiger charge is 2.25. The number of halogens is 5. The van der Waals surface area contributed by atoms with Crippen molar-refractivity contribution in [3.8, 4) is 6.07 Å². The molecule has 14 heteroatoms. The number of amidine groups is 1. The number of fused-ring (bicyclic) bond motifs is 1. The Morgan fingerprint density at radius 3 is 2.48 bits per heavy atom. The first-order valence-corrected chi connectivity index (χ1v) is 13.7. The van der Waals surface area contributed by atoms with Crippen molar-refractivity contribution < 1.29 is 41.3 Å². The molecule has 1 fully saturated rings. The average Bonchev–Trinajstić information content (AvgIpc) is 3.34. The predicted octanol–water partition coefficient (Wildman–Crippen LogP) is 6.36. The summed E-state index contributed by atoms with van der Waals surface area (Å²) in [5.41, 5.74) is -0.898. The molecule has 2 heterocycles. The molecule has 1 saturated heterocycles. The molecule has 0 spiro atoms. The third-order valence-corrected chi connectivity index (χ3v) is 7.24. The summed E-state index contributed by atoms with van der Waals surface area (Å²) in [7, 11) is 0. The van der Waals surface area contributed by atoms with Gasteiger partial charge in [-0.15, -0.1) is 0 Å². The average molecular weight is 638 g/mol. The number of imidazole rings is 1. The number of carboxylic acids is 1. The zero-order valence-corrected chi connectivity index (χ0v) is 24.2. The predicted molar refractivity (Wildman–Crippen MR) is 156 cm³/mol. The summed E-state index contributed by atoms with van der Waals surface area (Å²) in [6.07, 6.45) is 0.120. The summed E-state index contributed by atoms with van der Waals surface area (Å²) in [6, 6.07) is 9.08. The fourth-order valence-electron chi connectivity index (χ4n) is 4.75. The fourth-order valence-corrected chi connectivity index (χ4v) is 4.75. The van der Waals surface area contributed by atoms with Crippen LogP contribution in [0.5, 0.6) is 0 Å². The van der Waals surface area contributed by atoms with Crippen molar-refractivity contribution in [1.82, 2.24) is 9.55 Å². The van der Waals surface area contributed by atoms with E-state index in [-0.39, 0.29) is 58.2 Å². The number of carboxylic acid groups (broad SMARTS) is 1. The molecule has 0 aliphatic carbocycles. The largest absolute Gasteiger partial charge is 0.478 e. The van der Waals surface area contributed by atoms with Crippen molar-refractivity contribution in [1.29, 1.82) is 5.26 Å². The van der Waals surface area contributed by atoms with Gasteiger partial charge in [-0.2, -0.15) is 10.3 Å². The molecule has 3 aromatic carbocycles. The molecular formula is C32H24F5N5O4. The number of aliphatic imine (C=N–C) groups is 2. The van der Waals surface area contributed by atoms with Gasteiger partial charge in [-0.05, 0) is 62.0 Å². The molecule has 0 bridgehead atoms. The lowest BCUT2D eigenvalue weighted by atomic mass is 10.1. The van der Waals surface area contributed by atoms with Crippen molar-refractivity contribution in [2.75, 3.05) is 6.61 Å². The molecule has 1 aromatic heterocycles. The third kappa shape index (κ3) is 6.64. The zero-order chi connectivity index (χ0) is 33.1. The van der Waals surface area contributed by atoms with Crippen molar-refractivity contribution in [3.05, 3.63) is 111 Å². The summed E-state index contributed by atoms with van der Waals surface area (Å²) >= 11 is 0. The van der Waals surface area contributed by atoms with Crippen LogP contribution in [0.25, 0.3) is 11.0 Å². The number of hydrogen-bond acceptors (Lipinski definition) is 6. The zero-order valence-electron chi connectivity index (χ0n) is 24.2. The van der Waals surface area contributed by atoms with E-state index in [1.54, 1.807) is 6.07 Å². The van der Waals surface area contributed by atoms with Crippen LogP contribution >= 0.6 is 0 Å². The highest BCUT2D eigenvalue weighted by atomic mass is 19.1. The first-order valence-electron chi connectivity index (χ1n) is 13.7. The van der Waals surface area contributed by atoms with Crippen molar-refractivity contribution >= 4 is 29.6 Å². The Hall–Kier alpha value is -5.42. The number of aromatic carboxylic acids is 1. The fraction of sp³-hybridized carbons (Fsp3) is 0.219. The molecule has 1 aliphatic heterocycles. The Bertz CT molecular complexity index is 1970. The van der Waals surface area contributed by atoms with E-state index >= 15 is 8.78 Å². The molecule has 46 heavy (non-hydrogen) atoms. The van der Waals surface area contributed by atoms with E-state index in [1.165, 1.54) is 22.8 Å². The number of ether oxygens (including phenoxy) is 2. The summed E-state index contributed by atoms with van der Waals surface area (Å²) in [5, 5.41) is 18.3. The van der Waals surface area contributed by atoms with Gasteiger partial charge in [0.25, 0.3) is 0 Å². The van der Waals surface area contributed by atoms with Gasteiger partial charge < -0.3 is 19.1 Å². The minimum Gasteiger partial charge on any atom is -0.478 e. The van der Waals surface area contributed by atoms with Crippen LogP contribution < -0.4 is 0 Å². The molecule has 0 saturated carbocycles. The minimum absolute atomic E-state index is 0.0170. The summed E-state index contributed by atoms with van der Waals surface area (Å²) < 4.78 is 86.7. The van der Waals surface area contributed by atoms with E-state index in [0.717, 1.165) is 31.2 Å². The second-order valence-corrected chi connectivity index (χ2v) is 10.3. The van der Waals surface area contributed by atoms with Crippen LogP contribution in [0.3, 0.4) is 0 Å². The number of benzene rings is 3. The molecule has 0 unspecified atom stereocenters. The van der Waals surface area contributed by atoms with E-state index in [0.29, 0.717) is 13.0 Å². The first kappa shape index (κ1) is 32.0. The maximum absolute atomic E-state index is 15.5. The van der Waals surface area contributed by atoms with Gasteiger partial charge >= 0.3 is 5.97 Å². The minimum atomic E-state index is -1.35. The van der Waals surface area contributed by atoms with Gasteiger partial charge in [0, 0.05) is 18.6 Å². The highest BCUT2D eigenvalue weighted by molar-refractivity contribution is 6.02. The standard InChI is InChI=1S/C32H24F5N5O4/c1-16(33)31(46-15-18-4-3-17(13-38)7-23(18)34)41-30(39-2)22-12-24(35)19(8-25(22)36)11-28-40-29-26(37)9-20(32(43)44)10-27(29)42(28)14-21-5-6-45-21/h3-4,7-10,12,21H,2,5-6,11,14-15H2,1H3,(H,43,44)/b31-16-,41-30-/t21-/m0/s1. The summed E-state index contributed by atoms with van der Waals surface area (Å²) in [5.74, 6) is -7.01. The number of rotatable bonds is 10. The Labute approximate surface area is 258 Å². The number of aromatic nitrogens is 2. The van der Waals surface area contributed by atoms with Gasteiger partial charge in [0.2, 0.25) is 5.88 Å². The number of nitriles is 1. The molecule has 1 atom stereocenters. The summed E-state index contributed by atoms with van der Waals surface area (Å²) in [6.45, 7) is 4.48. The van der Waals surface area contributed by atoms with Gasteiger partial charge in [0.15, 0.2) is 17.5 Å². The van der Waals surface area contributed by atoms with Gasteiger partial charge in [0.1, 0.15) is 35.4 Å². The van der Waals surface area contributed by atoms with Gasteiger partial charge in [-0.3, -0.25) is 0 Å². The molecule has 0 radical (unpaired) electrons. The highest BCUT2D eigenvalue weighted by Crippen LogP contribution is 2.28. The topological polar surface area (TPSA) is 122 Å². The van der Waals surface area contributed by atoms with Crippen LogP contribution in [-0.2, 0) is 29.0 Å². The van der Waals surface area contributed by atoms with E-state index in [4.69, 9.17) is 14.7 Å². The number of carbonyl (C=O) groups is 1. The molecule has 1 N–H and O–H groups in total. The van der Waals surface area contributed by atoms with Crippen LogP contribution in [0, 0.1) is 34.6 Å². The summed E-state index contributed by atoms with van der Waals surface area (Å²) in [4.78, 5) is 23.3. The van der Waals surface area contributed by atoms with Crippen LogP contribution in [0.15, 0.2) is 64.2 Å². The third-order valence-electron chi connectivity index (χ3n) is 7.24. The Morgan fingerprint density at radius 1 is 1.13 bits per heavy atom. The smallest absolute Gasteiger partial charge is 0.335 e. The maximum Gasteiger partial charge on any atom is 0.335 e. The number of hydrogen-bond donors (Lipinski definition) is 1. The van der Waals surface area contributed by atoms with E-state index < -0.39 is 59.0 Å².